The summed E-state index contributed by atoms with van der Waals surface area (Å²) in [6.45, 7) is 7.50. The minimum atomic E-state index is -0.533. The lowest BCUT2D eigenvalue weighted by Crippen LogP contribution is -2.43. The molecule has 4 aliphatic heterocycles. The molecule has 1 amide bonds. The summed E-state index contributed by atoms with van der Waals surface area (Å²) < 4.78 is 15.2. The highest BCUT2D eigenvalue weighted by molar-refractivity contribution is 6.31. The molecular weight excluding hydrogens is 594 g/mol. The predicted octanol–water partition coefficient (Wildman–Crippen LogP) is 4.37. The molecule has 12 heteroatoms. The Balaban J connectivity index is 1.15. The number of ether oxygens (including phenoxy) is 2. The van der Waals surface area contributed by atoms with Crippen LogP contribution in [0.3, 0.4) is 0 Å². The molecule has 11 nitrogen and oxygen atoms in total. The zero-order valence-electron chi connectivity index (χ0n) is 26.0. The van der Waals surface area contributed by atoms with Gasteiger partial charge in [-0.3, -0.25) is 19.6 Å². The average molecular weight is 634 g/mol. The predicted molar refractivity (Wildman–Crippen MR) is 167 cm³/mol. The third-order valence-corrected chi connectivity index (χ3v) is 11.0. The summed E-state index contributed by atoms with van der Waals surface area (Å²) in [5.74, 6) is 0.940. The summed E-state index contributed by atoms with van der Waals surface area (Å²) in [5, 5.41) is 15.6. The molecule has 1 spiro atoms. The lowest BCUT2D eigenvalue weighted by molar-refractivity contribution is -0.0730. The van der Waals surface area contributed by atoms with Crippen molar-refractivity contribution in [2.45, 2.75) is 82.7 Å². The van der Waals surface area contributed by atoms with Gasteiger partial charge in [0.25, 0.3) is 5.91 Å². The Bertz CT molecular complexity index is 1660. The normalized spacial score (nSPS) is 27.2. The number of rotatable bonds is 5. The molecule has 3 atom stereocenters. The Morgan fingerprint density at radius 3 is 2.96 bits per heavy atom. The van der Waals surface area contributed by atoms with Crippen molar-refractivity contribution in [3.8, 4) is 6.01 Å². The smallest absolute Gasteiger partial charge is 0.318 e. The Kier molecular flexibility index (Phi) is 7.09. The summed E-state index contributed by atoms with van der Waals surface area (Å²) in [6, 6.07) is 8.29. The van der Waals surface area contributed by atoms with E-state index < -0.39 is 11.5 Å². The number of halogens is 1. The molecule has 6 heterocycles. The highest BCUT2D eigenvalue weighted by Crippen LogP contribution is 2.49. The Hall–Kier alpha value is -3.25. The number of carbonyl (C=O) groups is 1. The van der Waals surface area contributed by atoms with Crippen LogP contribution in [-0.4, -0.2) is 79.7 Å². The molecule has 8 rings (SSSR count). The number of anilines is 1. The second kappa shape index (κ2) is 10.9. The van der Waals surface area contributed by atoms with Crippen LogP contribution in [0.25, 0.3) is 0 Å². The third kappa shape index (κ3) is 4.90. The monoisotopic (exact) mass is 633 g/mol. The van der Waals surface area contributed by atoms with E-state index in [0.29, 0.717) is 49.7 Å². The van der Waals surface area contributed by atoms with Crippen molar-refractivity contribution in [2.24, 2.45) is 5.92 Å². The zero-order chi connectivity index (χ0) is 30.9. The first-order valence-electron chi connectivity index (χ1n) is 16.2. The van der Waals surface area contributed by atoms with Crippen LogP contribution in [0.5, 0.6) is 6.01 Å². The van der Waals surface area contributed by atoms with Crippen LogP contribution in [-0.2, 0) is 42.9 Å². The molecule has 0 saturated carbocycles. The van der Waals surface area contributed by atoms with Crippen molar-refractivity contribution in [3.05, 3.63) is 63.1 Å². The Morgan fingerprint density at radius 1 is 1.20 bits per heavy atom. The van der Waals surface area contributed by atoms with Crippen LogP contribution in [0.1, 0.15) is 77.6 Å². The largest absolute Gasteiger partial charge is 0.461 e. The van der Waals surface area contributed by atoms with Crippen LogP contribution >= 0.6 is 11.6 Å². The van der Waals surface area contributed by atoms with Crippen molar-refractivity contribution < 1.29 is 19.5 Å². The number of hydroxylamine groups is 2. The van der Waals surface area contributed by atoms with Gasteiger partial charge in [0.2, 0.25) is 0 Å². The second-order valence-electron chi connectivity index (χ2n) is 13.7. The van der Waals surface area contributed by atoms with E-state index in [2.05, 4.69) is 27.9 Å². The summed E-state index contributed by atoms with van der Waals surface area (Å²) in [6.07, 6.45) is 6.66. The third-order valence-electron chi connectivity index (χ3n) is 10.7. The second-order valence-corrected chi connectivity index (χ2v) is 14.1. The highest BCUT2D eigenvalue weighted by Gasteiger charge is 2.48. The number of nitrogens with zero attached hydrogens (tertiary/aromatic N) is 7. The van der Waals surface area contributed by atoms with E-state index in [0.717, 1.165) is 85.1 Å². The lowest BCUT2D eigenvalue weighted by atomic mass is 9.87. The molecule has 238 valence electrons. The number of aryl methyl sites for hydroxylation is 1. The zero-order valence-corrected chi connectivity index (χ0v) is 26.7. The van der Waals surface area contributed by atoms with Gasteiger partial charge in [0.05, 0.1) is 35.7 Å². The standard InChI is InChI=1S/C33H40ClN7O4/c1-21-15-32(9-4-12-40(32)17-21)20-44-31-35-28-16-33(10-8-23-25(33)6-3-7-26(23)34)45-19-24(28)29(36-31)39-11-5-13-41-22(18-39)14-27(37-41)30(42)38(2)43/h3,6-7,14,21,43H,4-5,8-13,15-20H2,1-2H3/t21-,32+,33+/m1/s1. The van der Waals surface area contributed by atoms with Crippen molar-refractivity contribution in [2.75, 3.05) is 38.2 Å². The number of benzene rings is 1. The summed E-state index contributed by atoms with van der Waals surface area (Å²) in [7, 11) is 1.31. The Labute approximate surface area is 268 Å². The molecule has 0 radical (unpaired) electrons. The van der Waals surface area contributed by atoms with Crippen molar-refractivity contribution >= 4 is 23.3 Å². The van der Waals surface area contributed by atoms with Gasteiger partial charge in [0.15, 0.2) is 5.69 Å². The number of carbonyl (C=O) groups excluding carboxylic acids is 1. The van der Waals surface area contributed by atoms with Crippen molar-refractivity contribution in [1.82, 2.24) is 29.7 Å². The number of fused-ring (bicyclic) bond motifs is 5. The van der Waals surface area contributed by atoms with Gasteiger partial charge >= 0.3 is 6.01 Å². The number of hydrogen-bond donors (Lipinski definition) is 1. The molecule has 5 aliphatic rings. The van der Waals surface area contributed by atoms with Crippen LogP contribution < -0.4 is 9.64 Å². The fraction of sp³-hybridized carbons (Fsp3) is 0.576. The fourth-order valence-corrected chi connectivity index (χ4v) is 8.89. The van der Waals surface area contributed by atoms with Crippen molar-refractivity contribution in [3.63, 3.8) is 0 Å². The average Bonchev–Trinajstić information content (AvgIpc) is 3.74. The van der Waals surface area contributed by atoms with Gasteiger partial charge < -0.3 is 14.4 Å². The van der Waals surface area contributed by atoms with E-state index in [-0.39, 0.29) is 11.2 Å². The van der Waals surface area contributed by atoms with Gasteiger partial charge in [-0.25, -0.2) is 5.06 Å². The molecule has 0 bridgehead atoms. The molecule has 2 aromatic heterocycles. The van der Waals surface area contributed by atoms with Crippen LogP contribution in [0.4, 0.5) is 5.82 Å². The SMILES string of the molecule is C[C@H]1CN2CCC[C@@]2(COc2nc3c(c(N4CCCn5nc(C(=O)N(C)O)cc5C4)n2)CO[C@@]2(CCc4c(Cl)cccc42)C3)C1. The van der Waals surface area contributed by atoms with Crippen LogP contribution in [0.2, 0.25) is 5.02 Å². The van der Waals surface area contributed by atoms with Crippen LogP contribution in [0, 0.1) is 5.92 Å². The van der Waals surface area contributed by atoms with Gasteiger partial charge in [0.1, 0.15) is 12.4 Å². The van der Waals surface area contributed by atoms with E-state index in [1.54, 1.807) is 6.07 Å². The molecule has 1 N–H and O–H groups in total. The molecule has 2 saturated heterocycles. The van der Waals surface area contributed by atoms with E-state index in [4.69, 9.17) is 31.0 Å². The minimum absolute atomic E-state index is 0.0578. The van der Waals surface area contributed by atoms with Gasteiger partial charge in [-0.05, 0) is 74.2 Å². The van der Waals surface area contributed by atoms with Crippen molar-refractivity contribution in [1.29, 1.82) is 0 Å². The highest BCUT2D eigenvalue weighted by atomic mass is 35.5. The van der Waals surface area contributed by atoms with Gasteiger partial charge in [-0.1, -0.05) is 30.7 Å². The van der Waals surface area contributed by atoms with E-state index in [1.807, 2.05) is 16.8 Å². The molecule has 45 heavy (non-hydrogen) atoms. The molecule has 3 aromatic rings. The minimum Gasteiger partial charge on any atom is -0.461 e. The lowest BCUT2D eigenvalue weighted by Gasteiger charge is -2.37. The van der Waals surface area contributed by atoms with Gasteiger partial charge in [0, 0.05) is 43.7 Å². The first-order chi connectivity index (χ1) is 21.7. The molecule has 1 aliphatic carbocycles. The van der Waals surface area contributed by atoms with E-state index >= 15 is 0 Å². The van der Waals surface area contributed by atoms with Gasteiger partial charge in [-0.2, -0.15) is 15.1 Å². The van der Waals surface area contributed by atoms with Gasteiger partial charge in [-0.15, -0.1) is 0 Å². The maximum Gasteiger partial charge on any atom is 0.318 e. The first kappa shape index (κ1) is 29.2. The molecule has 0 unspecified atom stereocenters. The van der Waals surface area contributed by atoms with E-state index in [1.165, 1.54) is 19.0 Å². The number of hydrogen-bond acceptors (Lipinski definition) is 9. The summed E-state index contributed by atoms with van der Waals surface area (Å²) in [4.78, 5) is 27.5. The maximum atomic E-state index is 12.5. The summed E-state index contributed by atoms with van der Waals surface area (Å²) >= 11 is 6.62. The first-order valence-corrected chi connectivity index (χ1v) is 16.6. The quantitative estimate of drug-likeness (QED) is 0.324. The number of amides is 1. The molecule has 1 aromatic carbocycles. The maximum absolute atomic E-state index is 12.5. The Morgan fingerprint density at radius 2 is 2.09 bits per heavy atom. The molecule has 2 fully saturated rings. The van der Waals surface area contributed by atoms with Crippen LogP contribution in [0.15, 0.2) is 24.3 Å². The number of aromatic nitrogens is 4. The van der Waals surface area contributed by atoms with E-state index in [9.17, 15) is 10.0 Å². The summed E-state index contributed by atoms with van der Waals surface area (Å²) in [5.41, 5.74) is 4.98. The fourth-order valence-electron chi connectivity index (χ4n) is 8.62. The molecular formula is C33H40ClN7O4. The topological polar surface area (TPSA) is 109 Å².